The number of rotatable bonds is 6. The predicted octanol–water partition coefficient (Wildman–Crippen LogP) is 2.23. The Labute approximate surface area is 109 Å². The van der Waals surface area contributed by atoms with E-state index in [9.17, 15) is 5.11 Å². The van der Waals surface area contributed by atoms with Gasteiger partial charge in [0.1, 0.15) is 0 Å². The molecule has 1 aromatic rings. The molecule has 0 saturated heterocycles. The number of methoxy groups -OCH3 is 1. The van der Waals surface area contributed by atoms with Gasteiger partial charge in [-0.25, -0.2) is 0 Å². The highest BCUT2D eigenvalue weighted by Gasteiger charge is 2.30. The first kappa shape index (κ1) is 13.5. The molecule has 2 N–H and O–H groups in total. The third-order valence-corrected chi connectivity index (χ3v) is 3.72. The number of aliphatic hydroxyl groups is 1. The molecule has 1 saturated carbocycles. The van der Waals surface area contributed by atoms with Crippen molar-refractivity contribution in [2.24, 2.45) is 0 Å². The number of hydrogen-bond acceptors (Lipinski definition) is 3. The standard InChI is InChI=1S/C15H23NO2/c1-18-11-14-7-3-2-6-13(14)10-16-12-15(17)8-4-5-9-15/h2-3,6-7,16-17H,4-5,8-12H2,1H3. The van der Waals surface area contributed by atoms with E-state index >= 15 is 0 Å². The topological polar surface area (TPSA) is 41.5 Å². The zero-order valence-corrected chi connectivity index (χ0v) is 11.1. The first-order chi connectivity index (χ1) is 8.73. The Kier molecular flexibility index (Phi) is 4.75. The smallest absolute Gasteiger partial charge is 0.0771 e. The van der Waals surface area contributed by atoms with Gasteiger partial charge in [-0.05, 0) is 24.0 Å². The van der Waals surface area contributed by atoms with Crippen molar-refractivity contribution >= 4 is 0 Å². The molecule has 2 rings (SSSR count). The summed E-state index contributed by atoms with van der Waals surface area (Å²) >= 11 is 0. The minimum absolute atomic E-state index is 0.476. The lowest BCUT2D eigenvalue weighted by molar-refractivity contribution is 0.0474. The Hall–Kier alpha value is -0.900. The van der Waals surface area contributed by atoms with Gasteiger partial charge in [0.05, 0.1) is 12.2 Å². The van der Waals surface area contributed by atoms with Crippen LogP contribution in [0.15, 0.2) is 24.3 Å². The predicted molar refractivity (Wildman–Crippen MR) is 72.3 cm³/mol. The fourth-order valence-electron chi connectivity index (χ4n) is 2.67. The molecule has 0 radical (unpaired) electrons. The summed E-state index contributed by atoms with van der Waals surface area (Å²) < 4.78 is 5.19. The van der Waals surface area contributed by atoms with Crippen molar-refractivity contribution in [2.45, 2.75) is 44.4 Å². The summed E-state index contributed by atoms with van der Waals surface area (Å²) in [6.07, 6.45) is 4.16. The zero-order chi connectivity index (χ0) is 12.8. The Bertz CT molecular complexity index is 373. The lowest BCUT2D eigenvalue weighted by Gasteiger charge is -2.22. The van der Waals surface area contributed by atoms with Crippen molar-refractivity contribution in [3.63, 3.8) is 0 Å². The summed E-state index contributed by atoms with van der Waals surface area (Å²) in [6.45, 7) is 2.12. The van der Waals surface area contributed by atoms with Gasteiger partial charge in [-0.15, -0.1) is 0 Å². The van der Waals surface area contributed by atoms with Gasteiger partial charge in [-0.1, -0.05) is 37.1 Å². The van der Waals surface area contributed by atoms with Crippen molar-refractivity contribution in [3.8, 4) is 0 Å². The van der Waals surface area contributed by atoms with E-state index in [2.05, 4.69) is 17.4 Å². The SMILES string of the molecule is COCc1ccccc1CNCC1(O)CCCC1. The normalized spacial score (nSPS) is 18.1. The van der Waals surface area contributed by atoms with E-state index in [1.807, 2.05) is 12.1 Å². The van der Waals surface area contributed by atoms with Crippen LogP contribution in [0.25, 0.3) is 0 Å². The molecule has 0 heterocycles. The Balaban J connectivity index is 1.86. The maximum atomic E-state index is 10.3. The Morgan fingerprint density at radius 2 is 1.89 bits per heavy atom. The quantitative estimate of drug-likeness (QED) is 0.812. The van der Waals surface area contributed by atoms with E-state index in [-0.39, 0.29) is 0 Å². The minimum atomic E-state index is -0.476. The maximum Gasteiger partial charge on any atom is 0.0771 e. The fraction of sp³-hybridized carbons (Fsp3) is 0.600. The molecule has 0 amide bonds. The van der Waals surface area contributed by atoms with E-state index in [1.54, 1.807) is 7.11 Å². The molecule has 1 aliphatic rings. The minimum Gasteiger partial charge on any atom is -0.389 e. The molecule has 0 unspecified atom stereocenters. The summed E-state index contributed by atoms with van der Waals surface area (Å²) in [7, 11) is 1.71. The molecular formula is C15H23NO2. The van der Waals surface area contributed by atoms with Crippen molar-refractivity contribution in [1.82, 2.24) is 5.32 Å². The Morgan fingerprint density at radius 1 is 1.22 bits per heavy atom. The molecule has 1 aliphatic carbocycles. The second-order valence-corrected chi connectivity index (χ2v) is 5.24. The second kappa shape index (κ2) is 6.32. The van der Waals surface area contributed by atoms with E-state index in [0.29, 0.717) is 13.2 Å². The molecule has 0 aliphatic heterocycles. The summed E-state index contributed by atoms with van der Waals surface area (Å²) in [4.78, 5) is 0. The van der Waals surface area contributed by atoms with Crippen LogP contribution in [0.1, 0.15) is 36.8 Å². The highest BCUT2D eigenvalue weighted by Crippen LogP contribution is 2.28. The van der Waals surface area contributed by atoms with E-state index < -0.39 is 5.60 Å². The van der Waals surface area contributed by atoms with E-state index in [1.165, 1.54) is 11.1 Å². The third-order valence-electron chi connectivity index (χ3n) is 3.72. The molecule has 3 heteroatoms. The average Bonchev–Trinajstić information content (AvgIpc) is 2.79. The van der Waals surface area contributed by atoms with Crippen LogP contribution in [0, 0.1) is 0 Å². The summed E-state index contributed by atoms with van der Waals surface area (Å²) in [5.74, 6) is 0. The van der Waals surface area contributed by atoms with Crippen molar-refractivity contribution in [2.75, 3.05) is 13.7 Å². The highest BCUT2D eigenvalue weighted by molar-refractivity contribution is 5.26. The van der Waals surface area contributed by atoms with Crippen LogP contribution < -0.4 is 5.32 Å². The van der Waals surface area contributed by atoms with Crippen LogP contribution in [0.5, 0.6) is 0 Å². The molecule has 3 nitrogen and oxygen atoms in total. The van der Waals surface area contributed by atoms with Gasteiger partial charge in [0.15, 0.2) is 0 Å². The van der Waals surface area contributed by atoms with Gasteiger partial charge in [0.25, 0.3) is 0 Å². The van der Waals surface area contributed by atoms with Gasteiger partial charge in [-0.2, -0.15) is 0 Å². The number of ether oxygens (including phenoxy) is 1. The Morgan fingerprint density at radius 3 is 2.56 bits per heavy atom. The molecule has 1 aromatic carbocycles. The third kappa shape index (κ3) is 3.55. The van der Waals surface area contributed by atoms with Gasteiger partial charge in [0.2, 0.25) is 0 Å². The molecule has 0 bridgehead atoms. The van der Waals surface area contributed by atoms with E-state index in [0.717, 1.165) is 32.2 Å². The fourth-order valence-corrected chi connectivity index (χ4v) is 2.67. The van der Waals surface area contributed by atoms with Crippen LogP contribution >= 0.6 is 0 Å². The average molecular weight is 249 g/mol. The van der Waals surface area contributed by atoms with Gasteiger partial charge < -0.3 is 15.2 Å². The first-order valence-electron chi connectivity index (χ1n) is 6.72. The maximum absolute atomic E-state index is 10.3. The van der Waals surface area contributed by atoms with Gasteiger partial charge in [-0.3, -0.25) is 0 Å². The van der Waals surface area contributed by atoms with Crippen molar-refractivity contribution in [3.05, 3.63) is 35.4 Å². The van der Waals surface area contributed by atoms with Gasteiger partial charge in [0, 0.05) is 20.2 Å². The zero-order valence-electron chi connectivity index (χ0n) is 11.1. The number of hydrogen-bond donors (Lipinski definition) is 2. The van der Waals surface area contributed by atoms with Crippen LogP contribution in [-0.4, -0.2) is 24.4 Å². The summed E-state index contributed by atoms with van der Waals surface area (Å²) in [5.41, 5.74) is 1.99. The van der Waals surface area contributed by atoms with Crippen LogP contribution in [0.2, 0.25) is 0 Å². The van der Waals surface area contributed by atoms with Crippen LogP contribution in [-0.2, 0) is 17.9 Å². The first-order valence-corrected chi connectivity index (χ1v) is 6.72. The highest BCUT2D eigenvalue weighted by atomic mass is 16.5. The van der Waals surface area contributed by atoms with Gasteiger partial charge >= 0.3 is 0 Å². The summed E-state index contributed by atoms with van der Waals surface area (Å²) in [6, 6.07) is 8.27. The largest absolute Gasteiger partial charge is 0.389 e. The monoisotopic (exact) mass is 249 g/mol. The van der Waals surface area contributed by atoms with Crippen molar-refractivity contribution < 1.29 is 9.84 Å². The second-order valence-electron chi connectivity index (χ2n) is 5.24. The molecule has 0 atom stereocenters. The van der Waals surface area contributed by atoms with Crippen molar-refractivity contribution in [1.29, 1.82) is 0 Å². The number of nitrogens with one attached hydrogen (secondary N) is 1. The summed E-state index contributed by atoms with van der Waals surface area (Å²) in [5, 5.41) is 13.6. The molecule has 0 aromatic heterocycles. The molecule has 18 heavy (non-hydrogen) atoms. The van der Waals surface area contributed by atoms with Crippen LogP contribution in [0.3, 0.4) is 0 Å². The lowest BCUT2D eigenvalue weighted by Crippen LogP contribution is -2.37. The molecule has 100 valence electrons. The lowest BCUT2D eigenvalue weighted by atomic mass is 10.0. The van der Waals surface area contributed by atoms with Crippen LogP contribution in [0.4, 0.5) is 0 Å². The van der Waals surface area contributed by atoms with E-state index in [4.69, 9.17) is 4.74 Å². The molecular weight excluding hydrogens is 226 g/mol. The molecule has 1 fully saturated rings. The molecule has 0 spiro atoms. The number of benzene rings is 1.